The molecule has 1 amide bonds. The molecule has 13 nitrogen and oxygen atoms in total. The average molecular weight is 1020 g/mol. The van der Waals surface area contributed by atoms with E-state index >= 15 is 0 Å². The van der Waals surface area contributed by atoms with E-state index in [2.05, 4.69) is 85.2 Å². The molecule has 0 bridgehead atoms. The highest BCUT2D eigenvalue weighted by Gasteiger charge is 2.40. The first-order valence-corrected chi connectivity index (χ1v) is 29.3. The lowest BCUT2D eigenvalue weighted by Gasteiger charge is -2.37. The van der Waals surface area contributed by atoms with Crippen molar-refractivity contribution in [1.29, 1.82) is 0 Å². The highest BCUT2D eigenvalue weighted by Crippen LogP contribution is 2.45. The lowest BCUT2D eigenvalue weighted by atomic mass is 9.76. The van der Waals surface area contributed by atoms with Crippen molar-refractivity contribution in [2.24, 2.45) is 5.92 Å². The Bertz CT molecular complexity index is 2930. The molecule has 0 radical (unpaired) electrons. The van der Waals surface area contributed by atoms with Crippen LogP contribution in [0.3, 0.4) is 0 Å². The van der Waals surface area contributed by atoms with Crippen LogP contribution in [0.25, 0.3) is 0 Å². The highest BCUT2D eigenvalue weighted by atomic mass is 28.4. The average Bonchev–Trinajstić information content (AvgIpc) is 3.86. The number of carbonyl (C=O) groups excluding carboxylic acids is 1. The van der Waals surface area contributed by atoms with E-state index in [0.717, 1.165) is 75.3 Å². The smallest absolute Gasteiger partial charge is 0.358 e. The van der Waals surface area contributed by atoms with Gasteiger partial charge in [0.25, 0.3) is 17.0 Å². The van der Waals surface area contributed by atoms with Crippen LogP contribution in [0, 0.1) is 5.92 Å². The van der Waals surface area contributed by atoms with E-state index in [1.165, 1.54) is 11.1 Å². The van der Waals surface area contributed by atoms with Gasteiger partial charge in [0.1, 0.15) is 24.9 Å². The summed E-state index contributed by atoms with van der Waals surface area (Å²) in [5.74, 6) is -0.391. The normalized spacial score (nSPS) is 16.0. The molecule has 0 unspecified atom stereocenters. The van der Waals surface area contributed by atoms with Crippen molar-refractivity contribution in [1.82, 2.24) is 24.8 Å². The third-order valence-corrected chi connectivity index (χ3v) is 20.2. The molecular formula is C60H73N5O8Si. The van der Waals surface area contributed by atoms with Crippen LogP contribution in [0.4, 0.5) is 0 Å². The van der Waals surface area contributed by atoms with Crippen molar-refractivity contribution >= 4 is 20.2 Å². The Labute approximate surface area is 436 Å². The number of carboxylic acid groups (broad SMARTS) is 1. The van der Waals surface area contributed by atoms with E-state index in [4.69, 9.17) is 18.9 Å². The van der Waals surface area contributed by atoms with E-state index in [9.17, 15) is 24.3 Å². The van der Waals surface area contributed by atoms with Crippen molar-refractivity contribution in [2.75, 3.05) is 19.7 Å². The molecule has 3 saturated carbocycles. The molecule has 3 aliphatic carbocycles. The van der Waals surface area contributed by atoms with Crippen molar-refractivity contribution < 1.29 is 28.6 Å². The van der Waals surface area contributed by atoms with E-state index in [1.54, 1.807) is 0 Å². The molecule has 0 spiro atoms. The van der Waals surface area contributed by atoms with Crippen molar-refractivity contribution in [2.45, 2.75) is 140 Å². The summed E-state index contributed by atoms with van der Waals surface area (Å²) in [5, 5.41) is 9.74. The molecule has 3 N–H and O–H groups in total. The van der Waals surface area contributed by atoms with Crippen LogP contribution < -0.4 is 20.6 Å². The Hall–Kier alpha value is -6.64. The predicted octanol–water partition coefficient (Wildman–Crippen LogP) is 11.4. The highest BCUT2D eigenvalue weighted by molar-refractivity contribution is 6.74. The molecule has 3 fully saturated rings. The molecule has 2 aromatic heterocycles. The number of benzene rings is 4. The maximum Gasteiger partial charge on any atom is 0.358 e. The van der Waals surface area contributed by atoms with E-state index in [0.29, 0.717) is 50.1 Å². The Kier molecular flexibility index (Phi) is 17.2. The number of carbonyl (C=O) groups is 2. The monoisotopic (exact) mass is 1020 g/mol. The molecular weight excluding hydrogens is 947 g/mol. The number of rotatable bonds is 20. The minimum absolute atomic E-state index is 0.00565. The van der Waals surface area contributed by atoms with Crippen LogP contribution in [0.5, 0.6) is 11.5 Å². The summed E-state index contributed by atoms with van der Waals surface area (Å²) in [5.41, 5.74) is 2.76. The van der Waals surface area contributed by atoms with Gasteiger partial charge in [-0.05, 0) is 84.8 Å². The Morgan fingerprint density at radius 2 is 1.05 bits per heavy atom. The van der Waals surface area contributed by atoms with E-state index in [1.807, 2.05) is 89.8 Å². The third kappa shape index (κ3) is 13.4. The molecule has 14 heteroatoms. The lowest BCUT2D eigenvalue weighted by molar-refractivity contribution is 0.0680. The van der Waals surface area contributed by atoms with Crippen molar-refractivity contribution in [3.8, 4) is 11.5 Å². The molecule has 6 aromatic rings. The second-order valence-corrected chi connectivity index (χ2v) is 26.9. The molecule has 0 aliphatic heterocycles. The van der Waals surface area contributed by atoms with Gasteiger partial charge < -0.3 is 33.9 Å². The number of carboxylic acids is 1. The Morgan fingerprint density at radius 3 is 1.46 bits per heavy atom. The minimum Gasteiger partial charge on any atom is -0.481 e. The van der Waals surface area contributed by atoms with Gasteiger partial charge in [-0.15, -0.1) is 0 Å². The molecule has 2 heterocycles. The number of nitrogens with one attached hydrogen (secondary N) is 2. The number of aromatic carboxylic acids is 1. The SMILES string of the molecule is CC(C)(C)[Si](C)(C)OCCN(CC1CC1)C(=O)c1nc(CC2(c3ccccc3)CCCC2)[nH]c(=O)c1OCc1ccccc1.O=C(O)c1nc(CC2(c3ccccc3)CCCC2)[nH]c(=O)c1OCc1ccccc1. The zero-order valence-corrected chi connectivity index (χ0v) is 44.8. The molecule has 3 aliphatic rings. The van der Waals surface area contributed by atoms with Gasteiger partial charge in [0.2, 0.25) is 11.5 Å². The van der Waals surface area contributed by atoms with Crippen LogP contribution in [0.2, 0.25) is 18.1 Å². The summed E-state index contributed by atoms with van der Waals surface area (Å²) in [6.07, 6.45) is 11.8. The van der Waals surface area contributed by atoms with Gasteiger partial charge in [0, 0.05) is 36.8 Å². The first-order chi connectivity index (χ1) is 35.5. The van der Waals surface area contributed by atoms with Gasteiger partial charge >= 0.3 is 5.97 Å². The van der Waals surface area contributed by atoms with Gasteiger partial charge in [0.15, 0.2) is 19.7 Å². The fourth-order valence-electron chi connectivity index (χ4n) is 10.3. The number of H-pyrrole nitrogens is 2. The van der Waals surface area contributed by atoms with Crippen LogP contribution in [0.15, 0.2) is 131 Å². The summed E-state index contributed by atoms with van der Waals surface area (Å²) in [6, 6.07) is 39.7. The summed E-state index contributed by atoms with van der Waals surface area (Å²) in [6.45, 7) is 12.9. The van der Waals surface area contributed by atoms with Gasteiger partial charge in [-0.1, -0.05) is 168 Å². The summed E-state index contributed by atoms with van der Waals surface area (Å²) in [7, 11) is -1.98. The van der Waals surface area contributed by atoms with E-state index in [-0.39, 0.29) is 57.9 Å². The zero-order chi connectivity index (χ0) is 52.4. The molecule has 9 rings (SSSR count). The van der Waals surface area contributed by atoms with Gasteiger partial charge in [-0.2, -0.15) is 0 Å². The maximum absolute atomic E-state index is 14.4. The number of aromatic nitrogens is 4. The van der Waals surface area contributed by atoms with E-state index < -0.39 is 25.4 Å². The largest absolute Gasteiger partial charge is 0.481 e. The standard InChI is InChI=1S/C36H49N3O4Si.C24H24N2O4/c1-35(2,3)44(4,5)43-23-22-39(25-27-18-19-27)34(41)31-32(42-26-28-14-8-6-9-15-28)33(40)38-30(37-31)24-36(20-12-13-21-36)29-16-10-7-11-17-29;27-22-21(30-16-17-9-3-1-4-10-17)20(23(28)29)25-19(26-22)15-24(13-7-8-14-24)18-11-5-2-6-12-18/h6-11,14-17,27H,12-13,18-26H2,1-5H3,(H,37,38,40);1-6,9-12H,7-8,13-16H2,(H,28,29)(H,25,26,27). The van der Waals surface area contributed by atoms with Crippen molar-refractivity contribution in [3.05, 3.63) is 187 Å². The summed E-state index contributed by atoms with van der Waals surface area (Å²) in [4.78, 5) is 69.5. The predicted molar refractivity (Wildman–Crippen MR) is 291 cm³/mol. The van der Waals surface area contributed by atoms with Crippen molar-refractivity contribution in [3.63, 3.8) is 0 Å². The van der Waals surface area contributed by atoms with Gasteiger partial charge in [-0.3, -0.25) is 14.4 Å². The topological polar surface area (TPSA) is 177 Å². The molecule has 4 aromatic carbocycles. The summed E-state index contributed by atoms with van der Waals surface area (Å²) < 4.78 is 18.1. The maximum atomic E-state index is 14.4. The van der Waals surface area contributed by atoms with Gasteiger partial charge in [-0.25, -0.2) is 14.8 Å². The molecule has 0 atom stereocenters. The molecule has 390 valence electrons. The Balaban J connectivity index is 0.000000211. The second kappa shape index (κ2) is 23.7. The third-order valence-electron chi connectivity index (χ3n) is 15.7. The Morgan fingerprint density at radius 1 is 0.649 bits per heavy atom. The first-order valence-electron chi connectivity index (χ1n) is 26.4. The quantitative estimate of drug-likeness (QED) is 0.0624. The number of aromatic amines is 2. The number of ether oxygens (including phenoxy) is 2. The zero-order valence-electron chi connectivity index (χ0n) is 43.8. The number of nitrogens with zero attached hydrogens (tertiary/aromatic N) is 3. The first kappa shape index (κ1) is 53.6. The fourth-order valence-corrected chi connectivity index (χ4v) is 11.4. The number of hydrogen-bond donors (Lipinski definition) is 3. The fraction of sp³-hybridized carbons (Fsp3) is 0.433. The van der Waals surface area contributed by atoms with Crippen LogP contribution in [-0.4, -0.2) is 69.8 Å². The minimum atomic E-state index is -1.98. The van der Waals surface area contributed by atoms with Crippen LogP contribution in [0.1, 0.15) is 140 Å². The number of amides is 1. The van der Waals surface area contributed by atoms with Crippen LogP contribution >= 0.6 is 0 Å². The van der Waals surface area contributed by atoms with Crippen LogP contribution in [-0.2, 0) is 41.3 Å². The summed E-state index contributed by atoms with van der Waals surface area (Å²) >= 11 is 0. The molecule has 74 heavy (non-hydrogen) atoms. The lowest BCUT2D eigenvalue weighted by Crippen LogP contribution is -2.44. The molecule has 0 saturated heterocycles. The second-order valence-electron chi connectivity index (χ2n) is 22.1. The number of hydrogen-bond acceptors (Lipinski definition) is 9. The van der Waals surface area contributed by atoms with Gasteiger partial charge in [0.05, 0.1) is 6.61 Å².